The normalized spacial score (nSPS) is 10.6. The Bertz CT molecular complexity index is 736. The molecule has 0 fully saturated rings. The molecule has 7 heteroatoms. The van der Waals surface area contributed by atoms with Gasteiger partial charge in [-0.15, -0.1) is 5.10 Å². The number of benzene rings is 1. The second-order valence-electron chi connectivity index (χ2n) is 4.43. The van der Waals surface area contributed by atoms with Crippen LogP contribution in [-0.2, 0) is 20.5 Å². The van der Waals surface area contributed by atoms with Crippen LogP contribution in [0.5, 0.6) is 0 Å². The van der Waals surface area contributed by atoms with Crippen molar-refractivity contribution in [3.8, 4) is 0 Å². The molecule has 0 unspecified atom stereocenters. The van der Waals surface area contributed by atoms with Gasteiger partial charge in [0, 0.05) is 20.6 Å². The van der Waals surface area contributed by atoms with E-state index in [1.165, 1.54) is 26.2 Å². The largest absolute Gasteiger partial charge is 0.364 e. The number of aryl methyl sites for hydroxylation is 1. The third kappa shape index (κ3) is 2.93. The third-order valence-electron chi connectivity index (χ3n) is 2.92. The minimum atomic E-state index is -0.481. The van der Waals surface area contributed by atoms with Gasteiger partial charge < -0.3 is 5.32 Å². The standard InChI is InChI=1S/C13H15FN4O2/c1-17-12(19)11(16-18(2)13(17)20)15-7-6-9-4-3-5-10(14)8-9/h3-5,8H,6-7H2,1-2H3,(H,15,16). The van der Waals surface area contributed by atoms with E-state index in [-0.39, 0.29) is 11.6 Å². The summed E-state index contributed by atoms with van der Waals surface area (Å²) in [6.45, 7) is 0.421. The third-order valence-corrected chi connectivity index (χ3v) is 2.92. The SMILES string of the molecule is Cn1nc(NCCc2cccc(F)c2)c(=O)n(C)c1=O. The molecule has 0 aliphatic carbocycles. The highest BCUT2D eigenvalue weighted by atomic mass is 19.1. The first-order valence-corrected chi connectivity index (χ1v) is 6.11. The summed E-state index contributed by atoms with van der Waals surface area (Å²) in [5.74, 6) is -0.190. The van der Waals surface area contributed by atoms with Crippen molar-refractivity contribution in [2.45, 2.75) is 6.42 Å². The molecule has 6 nitrogen and oxygen atoms in total. The van der Waals surface area contributed by atoms with E-state index in [1.807, 2.05) is 0 Å². The lowest BCUT2D eigenvalue weighted by molar-refractivity contribution is 0.604. The molecular formula is C13H15FN4O2. The zero-order valence-corrected chi connectivity index (χ0v) is 11.3. The van der Waals surface area contributed by atoms with Crippen molar-refractivity contribution in [1.82, 2.24) is 14.3 Å². The van der Waals surface area contributed by atoms with E-state index in [0.717, 1.165) is 14.8 Å². The zero-order chi connectivity index (χ0) is 14.7. The van der Waals surface area contributed by atoms with Crippen molar-refractivity contribution < 1.29 is 4.39 Å². The Morgan fingerprint density at radius 1 is 1.30 bits per heavy atom. The minimum absolute atomic E-state index is 0.103. The Morgan fingerprint density at radius 2 is 2.05 bits per heavy atom. The fourth-order valence-electron chi connectivity index (χ4n) is 1.83. The predicted molar refractivity (Wildman–Crippen MR) is 73.3 cm³/mol. The Kier molecular flexibility index (Phi) is 3.97. The van der Waals surface area contributed by atoms with Crippen LogP contribution in [0.4, 0.5) is 10.2 Å². The second kappa shape index (κ2) is 5.68. The summed E-state index contributed by atoms with van der Waals surface area (Å²) < 4.78 is 15.1. The molecule has 0 aliphatic heterocycles. The molecule has 2 rings (SSSR count). The predicted octanol–water partition coefficient (Wildman–Crippen LogP) is 0.273. The second-order valence-corrected chi connectivity index (χ2v) is 4.43. The van der Waals surface area contributed by atoms with Crippen LogP contribution in [0, 0.1) is 5.82 Å². The molecule has 0 saturated carbocycles. The number of halogens is 1. The first-order valence-electron chi connectivity index (χ1n) is 6.11. The molecule has 106 valence electrons. The van der Waals surface area contributed by atoms with E-state index in [4.69, 9.17) is 0 Å². The zero-order valence-electron chi connectivity index (χ0n) is 11.3. The molecule has 0 amide bonds. The lowest BCUT2D eigenvalue weighted by atomic mass is 10.1. The van der Waals surface area contributed by atoms with Crippen molar-refractivity contribution in [2.75, 3.05) is 11.9 Å². The maximum absolute atomic E-state index is 13.0. The highest BCUT2D eigenvalue weighted by Crippen LogP contribution is 2.04. The average Bonchev–Trinajstić information content (AvgIpc) is 2.42. The molecule has 0 radical (unpaired) electrons. The molecule has 1 aromatic heterocycles. The van der Waals surface area contributed by atoms with E-state index < -0.39 is 11.2 Å². The van der Waals surface area contributed by atoms with Crippen LogP contribution in [0.2, 0.25) is 0 Å². The molecule has 0 bridgehead atoms. The highest BCUT2D eigenvalue weighted by molar-refractivity contribution is 5.30. The molecule has 1 aromatic carbocycles. The molecule has 0 spiro atoms. The summed E-state index contributed by atoms with van der Waals surface area (Å²) in [6.07, 6.45) is 0.547. The number of nitrogens with one attached hydrogen (secondary N) is 1. The van der Waals surface area contributed by atoms with Gasteiger partial charge in [0.2, 0.25) is 5.82 Å². The molecule has 0 saturated heterocycles. The minimum Gasteiger partial charge on any atom is -0.364 e. The smallest absolute Gasteiger partial charge is 0.346 e. The Hall–Kier alpha value is -2.44. The van der Waals surface area contributed by atoms with Crippen LogP contribution in [0.25, 0.3) is 0 Å². The Labute approximate surface area is 114 Å². The Morgan fingerprint density at radius 3 is 2.75 bits per heavy atom. The lowest BCUT2D eigenvalue weighted by Gasteiger charge is -2.08. The van der Waals surface area contributed by atoms with Crippen LogP contribution in [0.1, 0.15) is 5.56 Å². The lowest BCUT2D eigenvalue weighted by Crippen LogP contribution is -2.40. The van der Waals surface area contributed by atoms with Gasteiger partial charge in [-0.1, -0.05) is 12.1 Å². The number of nitrogens with zero attached hydrogens (tertiary/aromatic N) is 3. The van der Waals surface area contributed by atoms with E-state index in [9.17, 15) is 14.0 Å². The molecular weight excluding hydrogens is 263 g/mol. The van der Waals surface area contributed by atoms with Crippen molar-refractivity contribution in [3.05, 3.63) is 56.5 Å². The summed E-state index contributed by atoms with van der Waals surface area (Å²) in [5.41, 5.74) is -0.142. The van der Waals surface area contributed by atoms with Crippen LogP contribution in [0.3, 0.4) is 0 Å². The fourth-order valence-corrected chi connectivity index (χ4v) is 1.83. The van der Waals surface area contributed by atoms with Gasteiger partial charge in [-0.05, 0) is 24.1 Å². The highest BCUT2D eigenvalue weighted by Gasteiger charge is 2.07. The summed E-state index contributed by atoms with van der Waals surface area (Å²) in [7, 11) is 2.86. The van der Waals surface area contributed by atoms with E-state index >= 15 is 0 Å². The average molecular weight is 278 g/mol. The molecule has 0 atom stereocenters. The maximum Gasteiger partial charge on any atom is 0.346 e. The van der Waals surface area contributed by atoms with Crippen LogP contribution < -0.4 is 16.6 Å². The van der Waals surface area contributed by atoms with Gasteiger partial charge in [0.15, 0.2) is 0 Å². The number of hydrogen-bond donors (Lipinski definition) is 1. The number of aromatic nitrogens is 3. The fraction of sp³-hybridized carbons (Fsp3) is 0.308. The van der Waals surface area contributed by atoms with Gasteiger partial charge in [0.25, 0.3) is 5.56 Å². The van der Waals surface area contributed by atoms with Crippen molar-refractivity contribution >= 4 is 5.82 Å². The van der Waals surface area contributed by atoms with Gasteiger partial charge in [0.05, 0.1) is 0 Å². The topological polar surface area (TPSA) is 68.9 Å². The first kappa shape index (κ1) is 14.0. The summed E-state index contributed by atoms with van der Waals surface area (Å²) in [4.78, 5) is 23.3. The van der Waals surface area contributed by atoms with Crippen LogP contribution in [0.15, 0.2) is 33.9 Å². The summed E-state index contributed by atoms with van der Waals surface area (Å²) >= 11 is 0. The van der Waals surface area contributed by atoms with E-state index in [2.05, 4.69) is 10.4 Å². The summed E-state index contributed by atoms with van der Waals surface area (Å²) in [6, 6.07) is 6.25. The van der Waals surface area contributed by atoms with Crippen molar-refractivity contribution in [2.24, 2.45) is 14.1 Å². The monoisotopic (exact) mass is 278 g/mol. The van der Waals surface area contributed by atoms with Gasteiger partial charge in [-0.3, -0.25) is 9.36 Å². The molecule has 1 N–H and O–H groups in total. The summed E-state index contributed by atoms with van der Waals surface area (Å²) in [5, 5.41) is 6.73. The molecule has 1 heterocycles. The first-order chi connectivity index (χ1) is 9.49. The quantitative estimate of drug-likeness (QED) is 0.872. The van der Waals surface area contributed by atoms with Crippen molar-refractivity contribution in [3.63, 3.8) is 0 Å². The van der Waals surface area contributed by atoms with E-state index in [0.29, 0.717) is 13.0 Å². The number of anilines is 1. The van der Waals surface area contributed by atoms with Crippen LogP contribution in [-0.4, -0.2) is 20.9 Å². The van der Waals surface area contributed by atoms with Gasteiger partial charge in [-0.25, -0.2) is 13.9 Å². The van der Waals surface area contributed by atoms with Crippen LogP contribution >= 0.6 is 0 Å². The number of hydrogen-bond acceptors (Lipinski definition) is 4. The van der Waals surface area contributed by atoms with Gasteiger partial charge in [-0.2, -0.15) is 0 Å². The Balaban J connectivity index is 2.09. The number of rotatable bonds is 4. The van der Waals surface area contributed by atoms with Gasteiger partial charge in [0.1, 0.15) is 5.82 Å². The van der Waals surface area contributed by atoms with Crippen molar-refractivity contribution in [1.29, 1.82) is 0 Å². The molecule has 20 heavy (non-hydrogen) atoms. The molecule has 0 aliphatic rings. The van der Waals surface area contributed by atoms with E-state index in [1.54, 1.807) is 12.1 Å². The molecule has 2 aromatic rings. The van der Waals surface area contributed by atoms with Gasteiger partial charge >= 0.3 is 5.69 Å². The maximum atomic E-state index is 13.0.